The molecule has 36 heavy (non-hydrogen) atoms. The number of carbonyl (C=O) groups excluding carboxylic acids is 3. The molecule has 4 aromatic rings. The zero-order valence-electron chi connectivity index (χ0n) is 20.3. The summed E-state index contributed by atoms with van der Waals surface area (Å²) in [5.74, 6) is -0.288. The second-order valence-corrected chi connectivity index (χ2v) is 9.77. The van der Waals surface area contributed by atoms with Gasteiger partial charge < -0.3 is 10.1 Å². The molecule has 0 aromatic heterocycles. The lowest BCUT2D eigenvalue weighted by molar-refractivity contribution is 0.0977. The summed E-state index contributed by atoms with van der Waals surface area (Å²) in [4.78, 5) is 39.9. The van der Waals surface area contributed by atoms with Crippen molar-refractivity contribution in [1.29, 1.82) is 0 Å². The molecule has 0 heterocycles. The number of nitrogens with one attached hydrogen (secondary N) is 1. The fourth-order valence-electron chi connectivity index (χ4n) is 4.29. The van der Waals surface area contributed by atoms with Crippen molar-refractivity contribution >= 4 is 23.2 Å². The van der Waals surface area contributed by atoms with Gasteiger partial charge in [0.25, 0.3) is 5.91 Å². The highest BCUT2D eigenvalue weighted by Gasteiger charge is 2.34. The van der Waals surface area contributed by atoms with E-state index in [2.05, 4.69) is 26.1 Å². The van der Waals surface area contributed by atoms with Gasteiger partial charge in [-0.3, -0.25) is 14.4 Å². The van der Waals surface area contributed by atoms with Crippen molar-refractivity contribution in [2.45, 2.75) is 26.2 Å². The molecule has 1 amide bonds. The van der Waals surface area contributed by atoms with E-state index in [0.29, 0.717) is 28.1 Å². The molecule has 0 bridgehead atoms. The maximum absolute atomic E-state index is 13.6. The molecule has 0 fully saturated rings. The molecular formula is C31H25NO4. The molecule has 5 heteroatoms. The first-order valence-corrected chi connectivity index (χ1v) is 11.7. The highest BCUT2D eigenvalue weighted by Crippen LogP contribution is 2.41. The van der Waals surface area contributed by atoms with E-state index in [1.54, 1.807) is 60.7 Å². The number of fused-ring (bicyclic) bond motifs is 2. The first kappa shape index (κ1) is 23.2. The molecule has 4 aromatic carbocycles. The summed E-state index contributed by atoms with van der Waals surface area (Å²) in [6.45, 7) is 6.36. The van der Waals surface area contributed by atoms with E-state index in [-0.39, 0.29) is 39.8 Å². The standard InChI is InChI=1S/C31H25NO4/c1-31(2,3)20-13-15-21(16-14-20)36-29-25(32-30(35)19-9-5-4-6-10-19)18-17-24-26(29)28(34)23-12-8-7-11-22(23)27(24)33/h4-18H,1-3H3,(H,32,35). The van der Waals surface area contributed by atoms with Crippen molar-refractivity contribution in [1.82, 2.24) is 0 Å². The largest absolute Gasteiger partial charge is 0.454 e. The van der Waals surface area contributed by atoms with Crippen molar-refractivity contribution < 1.29 is 19.1 Å². The molecule has 0 atom stereocenters. The Hall–Kier alpha value is -4.51. The SMILES string of the molecule is CC(C)(C)c1ccc(Oc2c(NC(=O)c3ccccc3)ccc3c2C(=O)c2ccccc2C3=O)cc1. The Morgan fingerprint density at radius 3 is 1.94 bits per heavy atom. The van der Waals surface area contributed by atoms with Gasteiger partial charge in [-0.1, -0.05) is 75.4 Å². The number of anilines is 1. The van der Waals surface area contributed by atoms with Crippen molar-refractivity contribution in [3.63, 3.8) is 0 Å². The van der Waals surface area contributed by atoms with E-state index in [9.17, 15) is 14.4 Å². The molecule has 5 rings (SSSR count). The van der Waals surface area contributed by atoms with Gasteiger partial charge in [0.05, 0.1) is 11.3 Å². The number of amides is 1. The second kappa shape index (κ2) is 8.93. The van der Waals surface area contributed by atoms with E-state index < -0.39 is 0 Å². The molecule has 1 aliphatic rings. The van der Waals surface area contributed by atoms with Gasteiger partial charge in [0.1, 0.15) is 5.75 Å². The maximum Gasteiger partial charge on any atom is 0.255 e. The van der Waals surface area contributed by atoms with Crippen LogP contribution in [-0.2, 0) is 5.41 Å². The Balaban J connectivity index is 1.62. The van der Waals surface area contributed by atoms with Gasteiger partial charge in [0.2, 0.25) is 0 Å². The summed E-state index contributed by atoms with van der Waals surface area (Å²) in [5.41, 5.74) is 2.92. The number of ketones is 2. The fourth-order valence-corrected chi connectivity index (χ4v) is 4.29. The van der Waals surface area contributed by atoms with Crippen LogP contribution in [0, 0.1) is 0 Å². The number of hydrogen-bond acceptors (Lipinski definition) is 4. The van der Waals surface area contributed by atoms with Crippen LogP contribution in [0.5, 0.6) is 11.5 Å². The molecular weight excluding hydrogens is 450 g/mol. The molecule has 0 radical (unpaired) electrons. The number of benzene rings is 4. The zero-order chi connectivity index (χ0) is 25.4. The minimum absolute atomic E-state index is 0.0364. The van der Waals surface area contributed by atoms with Crippen LogP contribution in [0.4, 0.5) is 5.69 Å². The summed E-state index contributed by atoms with van der Waals surface area (Å²) in [7, 11) is 0. The van der Waals surface area contributed by atoms with Crippen LogP contribution >= 0.6 is 0 Å². The van der Waals surface area contributed by atoms with Gasteiger partial charge in [-0.25, -0.2) is 0 Å². The van der Waals surface area contributed by atoms with E-state index in [1.807, 2.05) is 30.3 Å². The van der Waals surface area contributed by atoms with E-state index in [1.165, 1.54) is 0 Å². The maximum atomic E-state index is 13.6. The van der Waals surface area contributed by atoms with Gasteiger partial charge in [-0.15, -0.1) is 0 Å². The molecule has 5 nitrogen and oxygen atoms in total. The summed E-state index contributed by atoms with van der Waals surface area (Å²) in [5, 5.41) is 2.86. The van der Waals surface area contributed by atoms with E-state index >= 15 is 0 Å². The normalized spacial score (nSPS) is 12.5. The average molecular weight is 476 g/mol. The molecule has 0 unspecified atom stereocenters. The number of carbonyl (C=O) groups is 3. The summed E-state index contributed by atoms with van der Waals surface area (Å²) in [6, 6.07) is 26.3. The minimum atomic E-state index is -0.349. The second-order valence-electron chi connectivity index (χ2n) is 9.77. The number of rotatable bonds is 4. The van der Waals surface area contributed by atoms with Crippen LogP contribution in [0.25, 0.3) is 0 Å². The first-order valence-electron chi connectivity index (χ1n) is 11.7. The monoisotopic (exact) mass is 475 g/mol. The van der Waals surface area contributed by atoms with Crippen LogP contribution in [0.1, 0.15) is 68.5 Å². The fraction of sp³-hybridized carbons (Fsp3) is 0.129. The van der Waals surface area contributed by atoms with Gasteiger partial charge in [0.15, 0.2) is 17.3 Å². The van der Waals surface area contributed by atoms with Crippen LogP contribution < -0.4 is 10.1 Å². The molecule has 0 aliphatic heterocycles. The van der Waals surface area contributed by atoms with Crippen LogP contribution in [0.3, 0.4) is 0 Å². The molecule has 1 N–H and O–H groups in total. The van der Waals surface area contributed by atoms with E-state index in [4.69, 9.17) is 4.74 Å². The predicted octanol–water partition coefficient (Wildman–Crippen LogP) is 6.80. The minimum Gasteiger partial charge on any atom is -0.454 e. The lowest BCUT2D eigenvalue weighted by Crippen LogP contribution is -2.22. The molecule has 0 spiro atoms. The van der Waals surface area contributed by atoms with Crippen molar-refractivity contribution in [2.75, 3.05) is 5.32 Å². The summed E-state index contributed by atoms with van der Waals surface area (Å²) in [6.07, 6.45) is 0. The van der Waals surface area contributed by atoms with Gasteiger partial charge in [0, 0.05) is 22.3 Å². The van der Waals surface area contributed by atoms with E-state index in [0.717, 1.165) is 5.56 Å². The molecule has 0 saturated carbocycles. The Morgan fingerprint density at radius 1 is 0.694 bits per heavy atom. The third-order valence-electron chi connectivity index (χ3n) is 6.27. The summed E-state index contributed by atoms with van der Waals surface area (Å²) < 4.78 is 6.26. The Kier molecular flexibility index (Phi) is 5.77. The third-order valence-corrected chi connectivity index (χ3v) is 6.27. The Labute approximate surface area is 209 Å². The number of hydrogen-bond donors (Lipinski definition) is 1. The molecule has 0 saturated heterocycles. The topological polar surface area (TPSA) is 72.5 Å². The smallest absolute Gasteiger partial charge is 0.255 e. The van der Waals surface area contributed by atoms with Crippen molar-refractivity contribution in [3.05, 3.63) is 124 Å². The van der Waals surface area contributed by atoms with Crippen LogP contribution in [-0.4, -0.2) is 17.5 Å². The highest BCUT2D eigenvalue weighted by molar-refractivity contribution is 6.30. The molecule has 1 aliphatic carbocycles. The Bertz CT molecular complexity index is 1500. The highest BCUT2D eigenvalue weighted by atomic mass is 16.5. The predicted molar refractivity (Wildman–Crippen MR) is 139 cm³/mol. The van der Waals surface area contributed by atoms with Crippen molar-refractivity contribution in [3.8, 4) is 11.5 Å². The van der Waals surface area contributed by atoms with Crippen molar-refractivity contribution in [2.24, 2.45) is 0 Å². The summed E-state index contributed by atoms with van der Waals surface area (Å²) >= 11 is 0. The average Bonchev–Trinajstić information content (AvgIpc) is 2.88. The third kappa shape index (κ3) is 4.20. The number of ether oxygens (including phenoxy) is 1. The first-order chi connectivity index (χ1) is 17.2. The lowest BCUT2D eigenvalue weighted by Gasteiger charge is -2.23. The van der Waals surface area contributed by atoms with Gasteiger partial charge in [-0.05, 0) is 47.4 Å². The van der Waals surface area contributed by atoms with Gasteiger partial charge >= 0.3 is 0 Å². The Morgan fingerprint density at radius 2 is 1.31 bits per heavy atom. The van der Waals surface area contributed by atoms with Crippen LogP contribution in [0.15, 0.2) is 91.0 Å². The van der Waals surface area contributed by atoms with Crippen LogP contribution in [0.2, 0.25) is 0 Å². The lowest BCUT2D eigenvalue weighted by atomic mass is 9.83. The molecule has 178 valence electrons. The van der Waals surface area contributed by atoms with Gasteiger partial charge in [-0.2, -0.15) is 0 Å². The quantitative estimate of drug-likeness (QED) is 0.310. The zero-order valence-corrected chi connectivity index (χ0v) is 20.3.